The van der Waals surface area contributed by atoms with E-state index in [0.717, 1.165) is 5.69 Å². The van der Waals surface area contributed by atoms with Gasteiger partial charge in [0.1, 0.15) is 17.1 Å². The Balaban J connectivity index is 2.28. The number of rotatable bonds is 7. The van der Waals surface area contributed by atoms with E-state index in [0.29, 0.717) is 17.6 Å². The Morgan fingerprint density at radius 3 is 2.28 bits per heavy atom. The molecule has 6 heteroatoms. The van der Waals surface area contributed by atoms with Gasteiger partial charge in [-0.25, -0.2) is 4.79 Å². The highest BCUT2D eigenvalue weighted by molar-refractivity contribution is 5.94. The highest BCUT2D eigenvalue weighted by Crippen LogP contribution is 2.31. The van der Waals surface area contributed by atoms with Crippen molar-refractivity contribution >= 4 is 11.7 Å². The monoisotopic (exact) mass is 338 g/mol. The lowest BCUT2D eigenvalue weighted by Gasteiger charge is -2.12. The SMILES string of the molecule is COc1cc(C/C(C#N)=C/Nc2ccccc2)cc(OC)c1C(=O)O. The predicted molar refractivity (Wildman–Crippen MR) is 94.0 cm³/mol. The summed E-state index contributed by atoms with van der Waals surface area (Å²) in [6, 6.07) is 14.8. The molecule has 0 bridgehead atoms. The maximum Gasteiger partial charge on any atom is 0.343 e. The number of nitriles is 1. The summed E-state index contributed by atoms with van der Waals surface area (Å²) in [5.74, 6) is -0.757. The molecule has 0 unspecified atom stereocenters. The number of allylic oxidation sites excluding steroid dienone is 1. The second-order valence-electron chi connectivity index (χ2n) is 5.15. The van der Waals surface area contributed by atoms with Gasteiger partial charge >= 0.3 is 5.97 Å². The van der Waals surface area contributed by atoms with Gasteiger partial charge in [-0.15, -0.1) is 0 Å². The third-order valence-corrected chi connectivity index (χ3v) is 3.50. The average molecular weight is 338 g/mol. The van der Waals surface area contributed by atoms with Crippen molar-refractivity contribution in [2.75, 3.05) is 19.5 Å². The van der Waals surface area contributed by atoms with Crippen LogP contribution in [0.2, 0.25) is 0 Å². The van der Waals surface area contributed by atoms with E-state index in [4.69, 9.17) is 9.47 Å². The molecule has 128 valence electrons. The van der Waals surface area contributed by atoms with Gasteiger partial charge in [0, 0.05) is 23.9 Å². The molecule has 2 N–H and O–H groups in total. The van der Waals surface area contributed by atoms with Crippen molar-refractivity contribution in [1.29, 1.82) is 5.26 Å². The lowest BCUT2D eigenvalue weighted by Crippen LogP contribution is -2.05. The Labute approximate surface area is 145 Å². The summed E-state index contributed by atoms with van der Waals surface area (Å²) in [6.07, 6.45) is 1.93. The molecule has 0 heterocycles. The largest absolute Gasteiger partial charge is 0.496 e. The summed E-state index contributed by atoms with van der Waals surface area (Å²) < 4.78 is 10.3. The second kappa shape index (κ2) is 8.41. The third kappa shape index (κ3) is 4.52. The van der Waals surface area contributed by atoms with Crippen LogP contribution < -0.4 is 14.8 Å². The Hall–Kier alpha value is -3.46. The maximum atomic E-state index is 11.4. The van der Waals surface area contributed by atoms with Crippen molar-refractivity contribution in [3.63, 3.8) is 0 Å². The van der Waals surface area contributed by atoms with Crippen LogP contribution in [0.25, 0.3) is 0 Å². The van der Waals surface area contributed by atoms with Crippen LogP contribution in [0.1, 0.15) is 15.9 Å². The van der Waals surface area contributed by atoms with Crippen LogP contribution >= 0.6 is 0 Å². The Morgan fingerprint density at radius 2 is 1.80 bits per heavy atom. The van der Waals surface area contributed by atoms with Crippen molar-refractivity contribution in [3.8, 4) is 17.6 Å². The van der Waals surface area contributed by atoms with Gasteiger partial charge in [0.05, 0.1) is 20.3 Å². The predicted octanol–water partition coefficient (Wildman–Crippen LogP) is 3.46. The Kier molecular flexibility index (Phi) is 6.02. The summed E-state index contributed by atoms with van der Waals surface area (Å²) in [6.45, 7) is 0. The molecule has 25 heavy (non-hydrogen) atoms. The first kappa shape index (κ1) is 17.9. The Bertz CT molecular complexity index is 798. The number of anilines is 1. The second-order valence-corrected chi connectivity index (χ2v) is 5.15. The molecular weight excluding hydrogens is 320 g/mol. The molecule has 0 aliphatic carbocycles. The molecule has 0 aliphatic heterocycles. The molecule has 2 aromatic rings. The van der Waals surface area contributed by atoms with Crippen molar-refractivity contribution in [2.24, 2.45) is 0 Å². The summed E-state index contributed by atoms with van der Waals surface area (Å²) in [5.41, 5.74) is 2.02. The van der Waals surface area contributed by atoms with Crippen LogP contribution in [0.4, 0.5) is 5.69 Å². The van der Waals surface area contributed by atoms with Gasteiger partial charge in [-0.2, -0.15) is 5.26 Å². The van der Waals surface area contributed by atoms with Crippen LogP contribution in [0.5, 0.6) is 11.5 Å². The smallest absolute Gasteiger partial charge is 0.343 e. The zero-order chi connectivity index (χ0) is 18.2. The Morgan fingerprint density at radius 1 is 1.20 bits per heavy atom. The van der Waals surface area contributed by atoms with Gasteiger partial charge in [-0.3, -0.25) is 0 Å². The van der Waals surface area contributed by atoms with E-state index in [1.165, 1.54) is 14.2 Å². The van der Waals surface area contributed by atoms with Gasteiger partial charge < -0.3 is 19.9 Å². The molecule has 0 saturated carbocycles. The minimum Gasteiger partial charge on any atom is -0.496 e. The van der Waals surface area contributed by atoms with E-state index in [-0.39, 0.29) is 17.1 Å². The zero-order valence-electron chi connectivity index (χ0n) is 13.9. The minimum atomic E-state index is -1.14. The summed E-state index contributed by atoms with van der Waals surface area (Å²) in [5, 5.41) is 21.7. The number of hydrogen-bond donors (Lipinski definition) is 2. The minimum absolute atomic E-state index is 0.0429. The van der Waals surface area contributed by atoms with Crippen LogP contribution in [0, 0.1) is 11.3 Å². The highest BCUT2D eigenvalue weighted by atomic mass is 16.5. The van der Waals surface area contributed by atoms with Gasteiger partial charge in [-0.05, 0) is 29.8 Å². The van der Waals surface area contributed by atoms with Crippen molar-refractivity contribution in [2.45, 2.75) is 6.42 Å². The number of benzene rings is 2. The molecular formula is C19H18N2O4. The lowest BCUT2D eigenvalue weighted by molar-refractivity contribution is 0.0689. The number of aromatic carboxylic acids is 1. The van der Waals surface area contributed by atoms with Gasteiger partial charge in [0.15, 0.2) is 0 Å². The molecule has 2 rings (SSSR count). The number of carboxylic acid groups (broad SMARTS) is 1. The average Bonchev–Trinajstić information content (AvgIpc) is 2.64. The number of nitrogens with zero attached hydrogens (tertiary/aromatic N) is 1. The van der Waals surface area contributed by atoms with E-state index in [1.807, 2.05) is 30.3 Å². The molecule has 6 nitrogen and oxygen atoms in total. The lowest BCUT2D eigenvalue weighted by atomic mass is 10.0. The molecule has 0 aliphatic rings. The first-order chi connectivity index (χ1) is 12.1. The quantitative estimate of drug-likeness (QED) is 0.751. The van der Waals surface area contributed by atoms with E-state index in [1.54, 1.807) is 18.3 Å². The molecule has 0 aromatic heterocycles. The van der Waals surface area contributed by atoms with E-state index in [2.05, 4.69) is 11.4 Å². The molecule has 0 fully saturated rings. The van der Waals surface area contributed by atoms with Crippen molar-refractivity contribution < 1.29 is 19.4 Å². The fourth-order valence-corrected chi connectivity index (χ4v) is 2.33. The van der Waals surface area contributed by atoms with Crippen LogP contribution in [0.3, 0.4) is 0 Å². The highest BCUT2D eigenvalue weighted by Gasteiger charge is 2.19. The third-order valence-electron chi connectivity index (χ3n) is 3.50. The fourth-order valence-electron chi connectivity index (χ4n) is 2.33. The number of nitrogens with one attached hydrogen (secondary N) is 1. The number of carboxylic acids is 1. The summed E-state index contributed by atoms with van der Waals surface area (Å²) in [7, 11) is 2.78. The van der Waals surface area contributed by atoms with Gasteiger partial charge in [-0.1, -0.05) is 18.2 Å². The first-order valence-corrected chi connectivity index (χ1v) is 7.48. The number of ether oxygens (including phenoxy) is 2. The van der Waals surface area contributed by atoms with Crippen LogP contribution in [0.15, 0.2) is 54.2 Å². The fraction of sp³-hybridized carbons (Fsp3) is 0.158. The molecule has 2 aromatic carbocycles. The molecule has 0 atom stereocenters. The van der Waals surface area contributed by atoms with E-state index >= 15 is 0 Å². The topological polar surface area (TPSA) is 91.6 Å². The first-order valence-electron chi connectivity index (χ1n) is 7.48. The van der Waals surface area contributed by atoms with Crippen LogP contribution in [-0.4, -0.2) is 25.3 Å². The van der Waals surface area contributed by atoms with Crippen molar-refractivity contribution in [1.82, 2.24) is 0 Å². The molecule has 0 saturated heterocycles. The normalized spacial score (nSPS) is 10.7. The van der Waals surface area contributed by atoms with Crippen molar-refractivity contribution in [3.05, 3.63) is 65.4 Å². The number of hydrogen-bond acceptors (Lipinski definition) is 5. The number of carbonyl (C=O) groups is 1. The van der Waals surface area contributed by atoms with Gasteiger partial charge in [0.2, 0.25) is 0 Å². The molecule has 0 spiro atoms. The summed E-state index contributed by atoms with van der Waals surface area (Å²) >= 11 is 0. The zero-order valence-corrected chi connectivity index (χ0v) is 13.9. The standard InChI is InChI=1S/C19H18N2O4/c1-24-16-9-13(10-17(25-2)18(16)19(22)23)8-14(11-20)12-21-15-6-4-3-5-7-15/h3-7,9-10,12,21H,8H2,1-2H3,(H,22,23)/b14-12-. The van der Waals surface area contributed by atoms with E-state index in [9.17, 15) is 15.2 Å². The van der Waals surface area contributed by atoms with E-state index < -0.39 is 5.97 Å². The van der Waals surface area contributed by atoms with Crippen LogP contribution in [-0.2, 0) is 6.42 Å². The number of para-hydroxylation sites is 1. The summed E-state index contributed by atoms with van der Waals surface area (Å²) in [4.78, 5) is 11.4. The molecule has 0 amide bonds. The number of methoxy groups -OCH3 is 2. The van der Waals surface area contributed by atoms with Gasteiger partial charge in [0.25, 0.3) is 0 Å². The molecule has 0 radical (unpaired) electrons. The maximum absolute atomic E-state index is 11.4.